The van der Waals surface area contributed by atoms with Crippen molar-refractivity contribution in [3.8, 4) is 11.8 Å². The molecule has 2 rings (SSSR count). The van der Waals surface area contributed by atoms with Gasteiger partial charge >= 0.3 is 0 Å². The Labute approximate surface area is 149 Å². The molecule has 0 radical (unpaired) electrons. The standard InChI is InChI=1S/C19H25N3O3/c1-5-16(14-8-10-15(25-4)11-9-14)22-17(7-6-12-20)19(24)21(3)13(2)18(22)23/h8-11,13,16-17H,5-7H2,1-4H3/t13-,16?,17+/m1/s1. The molecule has 1 aliphatic heterocycles. The van der Waals surface area contributed by atoms with Gasteiger partial charge in [0, 0.05) is 13.5 Å². The minimum absolute atomic E-state index is 0.0762. The number of nitriles is 1. The molecule has 6 nitrogen and oxygen atoms in total. The zero-order chi connectivity index (χ0) is 18.6. The van der Waals surface area contributed by atoms with Gasteiger partial charge < -0.3 is 14.5 Å². The van der Waals surface area contributed by atoms with E-state index in [4.69, 9.17) is 10.00 Å². The Kier molecular flexibility index (Phi) is 6.02. The number of hydrogen-bond donors (Lipinski definition) is 0. The van der Waals surface area contributed by atoms with E-state index in [0.29, 0.717) is 12.8 Å². The Balaban J connectivity index is 2.41. The van der Waals surface area contributed by atoms with Crippen LogP contribution >= 0.6 is 0 Å². The first-order valence-electron chi connectivity index (χ1n) is 8.56. The number of rotatable bonds is 6. The van der Waals surface area contributed by atoms with E-state index in [1.54, 1.807) is 26.0 Å². The second kappa shape index (κ2) is 8.02. The van der Waals surface area contributed by atoms with E-state index in [9.17, 15) is 9.59 Å². The summed E-state index contributed by atoms with van der Waals surface area (Å²) >= 11 is 0. The smallest absolute Gasteiger partial charge is 0.246 e. The van der Waals surface area contributed by atoms with Crippen LogP contribution in [0.3, 0.4) is 0 Å². The molecule has 1 aromatic rings. The number of carbonyl (C=O) groups is 2. The van der Waals surface area contributed by atoms with Crippen molar-refractivity contribution in [2.24, 2.45) is 0 Å². The van der Waals surface area contributed by atoms with Crippen LogP contribution in [0.15, 0.2) is 24.3 Å². The molecular formula is C19H25N3O3. The quantitative estimate of drug-likeness (QED) is 0.795. The molecule has 0 bridgehead atoms. The average Bonchev–Trinajstić information content (AvgIpc) is 2.64. The first kappa shape index (κ1) is 18.8. The van der Waals surface area contributed by atoms with Crippen LogP contribution in [0.1, 0.15) is 44.7 Å². The van der Waals surface area contributed by atoms with Crippen LogP contribution in [0.25, 0.3) is 0 Å². The summed E-state index contributed by atoms with van der Waals surface area (Å²) in [6, 6.07) is 8.34. The van der Waals surface area contributed by atoms with Crippen LogP contribution < -0.4 is 4.74 Å². The summed E-state index contributed by atoms with van der Waals surface area (Å²) < 4.78 is 5.19. The van der Waals surface area contributed by atoms with Crippen LogP contribution in [-0.2, 0) is 9.59 Å². The number of ether oxygens (including phenoxy) is 1. The molecule has 0 spiro atoms. The maximum Gasteiger partial charge on any atom is 0.246 e. The Morgan fingerprint density at radius 2 is 1.88 bits per heavy atom. The van der Waals surface area contributed by atoms with E-state index in [1.807, 2.05) is 31.2 Å². The van der Waals surface area contributed by atoms with E-state index >= 15 is 0 Å². The van der Waals surface area contributed by atoms with Gasteiger partial charge in [-0.1, -0.05) is 19.1 Å². The fourth-order valence-electron chi connectivity index (χ4n) is 3.33. The molecule has 0 N–H and O–H groups in total. The zero-order valence-corrected chi connectivity index (χ0v) is 15.2. The molecule has 0 aromatic heterocycles. The van der Waals surface area contributed by atoms with Gasteiger partial charge in [-0.05, 0) is 37.5 Å². The van der Waals surface area contributed by atoms with Gasteiger partial charge in [-0.3, -0.25) is 9.59 Å². The van der Waals surface area contributed by atoms with Crippen molar-refractivity contribution in [1.29, 1.82) is 5.26 Å². The van der Waals surface area contributed by atoms with Crippen LogP contribution in [0.4, 0.5) is 0 Å². The van der Waals surface area contributed by atoms with Crippen molar-refractivity contribution in [3.05, 3.63) is 29.8 Å². The summed E-state index contributed by atoms with van der Waals surface area (Å²) in [7, 11) is 3.25. The van der Waals surface area contributed by atoms with Crippen LogP contribution in [0.5, 0.6) is 5.75 Å². The summed E-state index contributed by atoms with van der Waals surface area (Å²) in [5.74, 6) is 0.566. The highest BCUT2D eigenvalue weighted by atomic mass is 16.5. The molecule has 1 aromatic carbocycles. The van der Waals surface area contributed by atoms with Gasteiger partial charge in [0.05, 0.1) is 19.2 Å². The van der Waals surface area contributed by atoms with Gasteiger partial charge in [-0.25, -0.2) is 0 Å². The molecule has 0 aliphatic carbocycles. The van der Waals surface area contributed by atoms with E-state index in [0.717, 1.165) is 11.3 Å². The molecule has 1 aliphatic rings. The van der Waals surface area contributed by atoms with Gasteiger partial charge in [0.25, 0.3) is 0 Å². The summed E-state index contributed by atoms with van der Waals surface area (Å²) in [5, 5.41) is 8.93. The van der Waals surface area contributed by atoms with Crippen molar-refractivity contribution in [2.45, 2.75) is 51.2 Å². The Hall–Kier alpha value is -2.55. The van der Waals surface area contributed by atoms with Gasteiger partial charge in [0.15, 0.2) is 0 Å². The minimum atomic E-state index is -0.597. The molecule has 25 heavy (non-hydrogen) atoms. The highest BCUT2D eigenvalue weighted by Crippen LogP contribution is 2.33. The molecule has 1 unspecified atom stereocenters. The Morgan fingerprint density at radius 1 is 1.24 bits per heavy atom. The topological polar surface area (TPSA) is 73.6 Å². The maximum atomic E-state index is 13.0. The second-order valence-electron chi connectivity index (χ2n) is 6.28. The number of piperazine rings is 1. The summed E-state index contributed by atoms with van der Waals surface area (Å²) in [6.07, 6.45) is 1.27. The molecular weight excluding hydrogens is 318 g/mol. The Morgan fingerprint density at radius 3 is 2.40 bits per heavy atom. The average molecular weight is 343 g/mol. The fourth-order valence-corrected chi connectivity index (χ4v) is 3.33. The highest BCUT2D eigenvalue weighted by molar-refractivity contribution is 5.96. The highest BCUT2D eigenvalue weighted by Gasteiger charge is 2.44. The molecule has 2 amide bonds. The number of methoxy groups -OCH3 is 1. The number of likely N-dealkylation sites (N-methyl/N-ethyl adjacent to an activating group) is 1. The van der Waals surface area contributed by atoms with Gasteiger partial charge in [0.2, 0.25) is 11.8 Å². The number of nitrogens with zero attached hydrogens (tertiary/aromatic N) is 3. The van der Waals surface area contributed by atoms with Gasteiger partial charge in [-0.15, -0.1) is 0 Å². The molecule has 3 atom stereocenters. The molecule has 1 saturated heterocycles. The van der Waals surface area contributed by atoms with E-state index < -0.39 is 12.1 Å². The lowest BCUT2D eigenvalue weighted by molar-refractivity contribution is -0.162. The van der Waals surface area contributed by atoms with Gasteiger partial charge in [0.1, 0.15) is 17.8 Å². The monoisotopic (exact) mass is 343 g/mol. The van der Waals surface area contributed by atoms with Crippen molar-refractivity contribution in [1.82, 2.24) is 9.80 Å². The first-order chi connectivity index (χ1) is 12.0. The third kappa shape index (κ3) is 3.60. The fraction of sp³-hybridized carbons (Fsp3) is 0.526. The SMILES string of the molecule is CCC(c1ccc(OC)cc1)N1C(=O)[C@@H](C)N(C)C(=O)[C@@H]1CCC#N. The third-order valence-corrected chi connectivity index (χ3v) is 4.91. The molecule has 1 heterocycles. The van der Waals surface area contributed by atoms with Crippen LogP contribution in [-0.4, -0.2) is 47.9 Å². The van der Waals surface area contributed by atoms with Crippen molar-refractivity contribution < 1.29 is 14.3 Å². The largest absolute Gasteiger partial charge is 0.497 e. The van der Waals surface area contributed by atoms with Crippen molar-refractivity contribution >= 4 is 11.8 Å². The first-order valence-corrected chi connectivity index (χ1v) is 8.56. The number of hydrogen-bond acceptors (Lipinski definition) is 4. The zero-order valence-electron chi connectivity index (χ0n) is 15.2. The lowest BCUT2D eigenvalue weighted by Crippen LogP contribution is -2.63. The lowest BCUT2D eigenvalue weighted by atomic mass is 9.94. The van der Waals surface area contributed by atoms with Gasteiger partial charge in [-0.2, -0.15) is 5.26 Å². The second-order valence-corrected chi connectivity index (χ2v) is 6.28. The lowest BCUT2D eigenvalue weighted by Gasteiger charge is -2.46. The predicted molar refractivity (Wildman–Crippen MR) is 93.7 cm³/mol. The summed E-state index contributed by atoms with van der Waals surface area (Å²) in [4.78, 5) is 28.9. The number of benzene rings is 1. The van der Waals surface area contributed by atoms with Crippen LogP contribution in [0.2, 0.25) is 0 Å². The predicted octanol–water partition coefficient (Wildman–Crippen LogP) is 2.51. The summed E-state index contributed by atoms with van der Waals surface area (Å²) in [6.45, 7) is 3.74. The molecule has 0 saturated carbocycles. The van der Waals surface area contributed by atoms with E-state index in [2.05, 4.69) is 6.07 Å². The normalized spacial score (nSPS) is 21.9. The third-order valence-electron chi connectivity index (χ3n) is 4.91. The molecule has 6 heteroatoms. The van der Waals surface area contributed by atoms with E-state index in [1.165, 1.54) is 4.90 Å². The molecule has 134 valence electrons. The van der Waals surface area contributed by atoms with Crippen molar-refractivity contribution in [2.75, 3.05) is 14.2 Å². The minimum Gasteiger partial charge on any atom is -0.497 e. The maximum absolute atomic E-state index is 13.0. The van der Waals surface area contributed by atoms with Crippen LogP contribution in [0, 0.1) is 11.3 Å². The van der Waals surface area contributed by atoms with Crippen molar-refractivity contribution in [3.63, 3.8) is 0 Å². The summed E-state index contributed by atoms with van der Waals surface area (Å²) in [5.41, 5.74) is 0.961. The molecule has 1 fully saturated rings. The number of carbonyl (C=O) groups excluding carboxylic acids is 2. The van der Waals surface area contributed by atoms with E-state index in [-0.39, 0.29) is 24.3 Å². The number of amides is 2. The Bertz CT molecular complexity index is 665.